The van der Waals surface area contributed by atoms with E-state index in [0.29, 0.717) is 5.13 Å². The molecule has 0 spiro atoms. The molecular formula is C20H22N4OS. The number of amides is 1. The third-order valence-corrected chi connectivity index (χ3v) is 5.97. The van der Waals surface area contributed by atoms with E-state index in [1.54, 1.807) is 6.33 Å². The van der Waals surface area contributed by atoms with Crippen LogP contribution in [0.5, 0.6) is 0 Å². The Morgan fingerprint density at radius 3 is 2.96 bits per heavy atom. The van der Waals surface area contributed by atoms with Crippen molar-refractivity contribution in [2.24, 2.45) is 7.05 Å². The molecule has 3 aromatic rings. The minimum Gasteiger partial charge on any atom is -0.337 e. The summed E-state index contributed by atoms with van der Waals surface area (Å²) in [5, 5.41) is 3.65. The van der Waals surface area contributed by atoms with Gasteiger partial charge in [-0.1, -0.05) is 35.1 Å². The second-order valence-corrected chi connectivity index (χ2v) is 8.00. The molecule has 26 heavy (non-hydrogen) atoms. The normalized spacial score (nSPS) is 16.3. The van der Waals surface area contributed by atoms with E-state index in [2.05, 4.69) is 47.3 Å². The number of hydrogen-bond acceptors (Lipinski definition) is 4. The first-order valence-electron chi connectivity index (χ1n) is 8.87. The number of imidazole rings is 1. The Balaban J connectivity index is 1.54. The zero-order valence-electron chi connectivity index (χ0n) is 15.2. The van der Waals surface area contributed by atoms with Gasteiger partial charge >= 0.3 is 0 Å². The summed E-state index contributed by atoms with van der Waals surface area (Å²) in [6.45, 7) is 4.19. The molecule has 1 aromatic carbocycles. The van der Waals surface area contributed by atoms with E-state index in [4.69, 9.17) is 0 Å². The lowest BCUT2D eigenvalue weighted by Gasteiger charge is -2.20. The van der Waals surface area contributed by atoms with E-state index in [1.807, 2.05) is 17.8 Å². The SMILES string of the molecule is Cc1ccc(-c2cnc(NC(=O)C3CCCc4c3ncn4C)s2)c(C)c1. The zero-order valence-corrected chi connectivity index (χ0v) is 16.1. The average molecular weight is 366 g/mol. The second-order valence-electron chi connectivity index (χ2n) is 6.97. The van der Waals surface area contributed by atoms with Crippen molar-refractivity contribution in [2.75, 3.05) is 5.32 Å². The van der Waals surface area contributed by atoms with Crippen LogP contribution in [0.3, 0.4) is 0 Å². The molecule has 0 fully saturated rings. The minimum absolute atomic E-state index is 0.00817. The molecule has 1 aliphatic carbocycles. The van der Waals surface area contributed by atoms with Gasteiger partial charge in [0.2, 0.25) is 5.91 Å². The number of carbonyl (C=O) groups is 1. The molecule has 1 atom stereocenters. The van der Waals surface area contributed by atoms with E-state index in [0.717, 1.165) is 29.8 Å². The molecule has 0 bridgehead atoms. The number of benzene rings is 1. The van der Waals surface area contributed by atoms with Gasteiger partial charge in [0, 0.05) is 18.9 Å². The summed E-state index contributed by atoms with van der Waals surface area (Å²) in [5.74, 6) is -0.195. The molecule has 2 aromatic heterocycles. The number of aromatic nitrogens is 3. The number of rotatable bonds is 3. The number of hydrogen-bond donors (Lipinski definition) is 1. The molecule has 2 heterocycles. The monoisotopic (exact) mass is 366 g/mol. The lowest BCUT2D eigenvalue weighted by molar-refractivity contribution is -0.118. The quantitative estimate of drug-likeness (QED) is 0.755. The van der Waals surface area contributed by atoms with Gasteiger partial charge in [-0.3, -0.25) is 4.79 Å². The number of fused-ring (bicyclic) bond motifs is 1. The molecule has 134 valence electrons. The smallest absolute Gasteiger partial charge is 0.235 e. The average Bonchev–Trinajstić information content (AvgIpc) is 3.22. The largest absolute Gasteiger partial charge is 0.337 e. The van der Waals surface area contributed by atoms with Crippen LogP contribution in [-0.2, 0) is 18.3 Å². The van der Waals surface area contributed by atoms with Crippen molar-refractivity contribution in [2.45, 2.75) is 39.0 Å². The van der Waals surface area contributed by atoms with Gasteiger partial charge in [0.05, 0.1) is 22.8 Å². The van der Waals surface area contributed by atoms with Crippen LogP contribution in [0.25, 0.3) is 10.4 Å². The Labute approximate surface area is 157 Å². The highest BCUT2D eigenvalue weighted by molar-refractivity contribution is 7.19. The van der Waals surface area contributed by atoms with E-state index in [1.165, 1.54) is 33.7 Å². The molecule has 0 saturated carbocycles. The third kappa shape index (κ3) is 3.05. The van der Waals surface area contributed by atoms with Crippen molar-refractivity contribution in [3.63, 3.8) is 0 Å². The lowest BCUT2D eigenvalue weighted by Crippen LogP contribution is -2.25. The Morgan fingerprint density at radius 2 is 2.15 bits per heavy atom. The van der Waals surface area contributed by atoms with Crippen molar-refractivity contribution in [3.8, 4) is 10.4 Å². The van der Waals surface area contributed by atoms with Crippen LogP contribution in [0.15, 0.2) is 30.7 Å². The molecule has 0 aliphatic heterocycles. The molecule has 0 saturated heterocycles. The Kier molecular flexibility index (Phi) is 4.36. The number of anilines is 1. The Morgan fingerprint density at radius 1 is 1.31 bits per heavy atom. The fourth-order valence-electron chi connectivity index (χ4n) is 3.67. The van der Waals surface area contributed by atoms with Crippen molar-refractivity contribution >= 4 is 22.4 Å². The molecule has 1 unspecified atom stereocenters. The van der Waals surface area contributed by atoms with E-state index in [9.17, 15) is 4.79 Å². The number of aryl methyl sites for hydroxylation is 3. The first kappa shape index (κ1) is 17.0. The highest BCUT2D eigenvalue weighted by Crippen LogP contribution is 2.34. The molecule has 4 rings (SSSR count). The van der Waals surface area contributed by atoms with Gasteiger partial charge in [0.25, 0.3) is 0 Å². The highest BCUT2D eigenvalue weighted by Gasteiger charge is 2.30. The summed E-state index contributed by atoms with van der Waals surface area (Å²) in [6, 6.07) is 6.38. The molecule has 6 heteroatoms. The maximum Gasteiger partial charge on any atom is 0.235 e. The van der Waals surface area contributed by atoms with Gasteiger partial charge in [-0.05, 0) is 44.2 Å². The number of carbonyl (C=O) groups excluding carboxylic acids is 1. The van der Waals surface area contributed by atoms with Crippen LogP contribution in [0, 0.1) is 13.8 Å². The van der Waals surface area contributed by atoms with Crippen molar-refractivity contribution < 1.29 is 4.79 Å². The highest BCUT2D eigenvalue weighted by atomic mass is 32.1. The van der Waals surface area contributed by atoms with Gasteiger partial charge in [0.15, 0.2) is 5.13 Å². The predicted octanol–water partition coefficient (Wildman–Crippen LogP) is 4.22. The van der Waals surface area contributed by atoms with Gasteiger partial charge in [-0.2, -0.15) is 0 Å². The Bertz CT molecular complexity index is 972. The summed E-state index contributed by atoms with van der Waals surface area (Å²) in [4.78, 5) is 22.7. The fraction of sp³-hybridized carbons (Fsp3) is 0.350. The van der Waals surface area contributed by atoms with E-state index in [-0.39, 0.29) is 11.8 Å². The predicted molar refractivity (Wildman–Crippen MR) is 105 cm³/mol. The first-order chi connectivity index (χ1) is 12.5. The summed E-state index contributed by atoms with van der Waals surface area (Å²) < 4.78 is 2.02. The molecule has 1 amide bonds. The summed E-state index contributed by atoms with van der Waals surface area (Å²) in [5.41, 5.74) is 5.72. The van der Waals surface area contributed by atoms with E-state index >= 15 is 0 Å². The van der Waals surface area contributed by atoms with Crippen LogP contribution in [0.1, 0.15) is 41.3 Å². The summed E-state index contributed by atoms with van der Waals surface area (Å²) in [7, 11) is 1.99. The Hall–Kier alpha value is -2.47. The van der Waals surface area contributed by atoms with E-state index < -0.39 is 0 Å². The number of thiazole rings is 1. The van der Waals surface area contributed by atoms with Crippen LogP contribution < -0.4 is 5.32 Å². The summed E-state index contributed by atoms with van der Waals surface area (Å²) in [6.07, 6.45) is 6.48. The molecule has 1 N–H and O–H groups in total. The molecule has 1 aliphatic rings. The fourth-order valence-corrected chi connectivity index (χ4v) is 4.58. The van der Waals surface area contributed by atoms with Crippen molar-refractivity contribution in [1.82, 2.24) is 14.5 Å². The van der Waals surface area contributed by atoms with Crippen LogP contribution in [0.2, 0.25) is 0 Å². The zero-order chi connectivity index (χ0) is 18.3. The third-order valence-electron chi connectivity index (χ3n) is 5.03. The van der Waals surface area contributed by atoms with Gasteiger partial charge < -0.3 is 9.88 Å². The summed E-state index contributed by atoms with van der Waals surface area (Å²) >= 11 is 1.52. The topological polar surface area (TPSA) is 59.8 Å². The molecular weight excluding hydrogens is 344 g/mol. The lowest BCUT2D eigenvalue weighted by atomic mass is 9.89. The van der Waals surface area contributed by atoms with Crippen LogP contribution >= 0.6 is 11.3 Å². The second kappa shape index (κ2) is 6.68. The number of nitrogens with one attached hydrogen (secondary N) is 1. The first-order valence-corrected chi connectivity index (χ1v) is 9.69. The van der Waals surface area contributed by atoms with Gasteiger partial charge in [-0.25, -0.2) is 9.97 Å². The standard InChI is InChI=1S/C20H22N4OS/c1-12-7-8-14(13(2)9-12)17-10-21-20(26-17)23-19(25)15-5-4-6-16-18(15)22-11-24(16)3/h7-11,15H,4-6H2,1-3H3,(H,21,23,25). The van der Waals surface area contributed by atoms with Gasteiger partial charge in [-0.15, -0.1) is 0 Å². The van der Waals surface area contributed by atoms with Crippen LogP contribution in [-0.4, -0.2) is 20.4 Å². The van der Waals surface area contributed by atoms with Crippen LogP contribution in [0.4, 0.5) is 5.13 Å². The minimum atomic E-state index is -0.187. The molecule has 5 nitrogen and oxygen atoms in total. The van der Waals surface area contributed by atoms with Crippen molar-refractivity contribution in [3.05, 3.63) is 53.2 Å². The maximum atomic E-state index is 12.8. The van der Waals surface area contributed by atoms with Gasteiger partial charge in [0.1, 0.15) is 0 Å². The number of nitrogens with zero attached hydrogens (tertiary/aromatic N) is 3. The molecule has 0 radical (unpaired) electrons. The maximum absolute atomic E-state index is 12.8. The van der Waals surface area contributed by atoms with Crippen molar-refractivity contribution in [1.29, 1.82) is 0 Å².